The number of anilines is 1. The number of H-pyrrole nitrogens is 1. The zero-order valence-corrected chi connectivity index (χ0v) is 17.6. The normalized spacial score (nSPS) is 10.8. The number of aromatic amines is 1. The molecule has 7 nitrogen and oxygen atoms in total. The molecule has 0 aliphatic carbocycles. The molecule has 162 valence electrons. The highest BCUT2D eigenvalue weighted by Crippen LogP contribution is 2.18. The molecule has 0 radical (unpaired) electrons. The summed E-state index contributed by atoms with van der Waals surface area (Å²) < 4.78 is 13.0. The van der Waals surface area contributed by atoms with Gasteiger partial charge in [-0.2, -0.15) is 5.10 Å². The Morgan fingerprint density at radius 1 is 1.10 bits per heavy atom. The molecular formula is C23H26FN5O2. The van der Waals surface area contributed by atoms with Crippen molar-refractivity contribution in [2.45, 2.75) is 12.8 Å². The Kier molecular flexibility index (Phi) is 7.50. The number of carbonyl (C=O) groups is 2. The van der Waals surface area contributed by atoms with Crippen LogP contribution >= 0.6 is 0 Å². The van der Waals surface area contributed by atoms with Gasteiger partial charge in [0, 0.05) is 29.6 Å². The molecule has 3 rings (SSSR count). The predicted octanol–water partition coefficient (Wildman–Crippen LogP) is 3.08. The molecule has 0 aliphatic rings. The number of nitrogens with zero attached hydrogens (tertiary/aromatic N) is 2. The summed E-state index contributed by atoms with van der Waals surface area (Å²) in [6, 6.07) is 15.0. The topological polar surface area (TPSA) is 90.1 Å². The van der Waals surface area contributed by atoms with Crippen LogP contribution < -0.4 is 10.6 Å². The molecular weight excluding hydrogens is 397 g/mol. The molecule has 2 aromatic carbocycles. The summed E-state index contributed by atoms with van der Waals surface area (Å²) in [5.41, 5.74) is 3.83. The molecule has 0 fully saturated rings. The number of aromatic nitrogens is 2. The van der Waals surface area contributed by atoms with Crippen molar-refractivity contribution >= 4 is 17.5 Å². The van der Waals surface area contributed by atoms with Crippen molar-refractivity contribution in [1.29, 1.82) is 0 Å². The number of rotatable bonds is 9. The molecule has 0 aliphatic heterocycles. The van der Waals surface area contributed by atoms with Crippen LogP contribution in [-0.4, -0.2) is 54.1 Å². The van der Waals surface area contributed by atoms with Gasteiger partial charge in [-0.3, -0.25) is 19.6 Å². The van der Waals surface area contributed by atoms with Crippen molar-refractivity contribution in [2.24, 2.45) is 0 Å². The van der Waals surface area contributed by atoms with Crippen molar-refractivity contribution in [2.75, 3.05) is 32.5 Å². The molecule has 31 heavy (non-hydrogen) atoms. The molecule has 3 aromatic rings. The fraction of sp³-hybridized carbons (Fsp3) is 0.261. The monoisotopic (exact) mass is 423 g/mol. The number of halogens is 1. The van der Waals surface area contributed by atoms with Gasteiger partial charge in [-0.1, -0.05) is 0 Å². The number of amides is 2. The minimum absolute atomic E-state index is 0.115. The predicted molar refractivity (Wildman–Crippen MR) is 118 cm³/mol. The first-order valence-electron chi connectivity index (χ1n) is 10.1. The van der Waals surface area contributed by atoms with Crippen LogP contribution in [0.3, 0.4) is 0 Å². The van der Waals surface area contributed by atoms with E-state index < -0.39 is 0 Å². The molecule has 1 heterocycles. The first-order valence-corrected chi connectivity index (χ1v) is 10.1. The van der Waals surface area contributed by atoms with E-state index in [1.807, 2.05) is 18.0 Å². The SMILES string of the molecule is CNC(=O)c1ccc(NC(=O)CN(C)CCCc2cc(-c3ccc(F)cc3)n[nH]2)cc1. The van der Waals surface area contributed by atoms with Crippen LogP contribution in [0.2, 0.25) is 0 Å². The van der Waals surface area contributed by atoms with Gasteiger partial charge in [0.1, 0.15) is 5.82 Å². The lowest BCUT2D eigenvalue weighted by Gasteiger charge is -2.16. The lowest BCUT2D eigenvalue weighted by atomic mass is 10.1. The van der Waals surface area contributed by atoms with Gasteiger partial charge in [-0.05, 0) is 81.0 Å². The maximum atomic E-state index is 13.0. The molecule has 1 aromatic heterocycles. The van der Waals surface area contributed by atoms with Gasteiger partial charge >= 0.3 is 0 Å². The molecule has 2 amide bonds. The fourth-order valence-electron chi connectivity index (χ4n) is 3.17. The van der Waals surface area contributed by atoms with Gasteiger partial charge in [0.2, 0.25) is 5.91 Å². The lowest BCUT2D eigenvalue weighted by Crippen LogP contribution is -2.31. The van der Waals surface area contributed by atoms with E-state index in [0.29, 0.717) is 11.3 Å². The summed E-state index contributed by atoms with van der Waals surface area (Å²) in [5.74, 6) is -0.553. The van der Waals surface area contributed by atoms with E-state index in [0.717, 1.165) is 36.3 Å². The molecule has 3 N–H and O–H groups in total. The third kappa shape index (κ3) is 6.48. The molecule has 0 bridgehead atoms. The second kappa shape index (κ2) is 10.5. The molecule has 0 unspecified atom stereocenters. The van der Waals surface area contributed by atoms with Crippen LogP contribution in [0, 0.1) is 5.82 Å². The summed E-state index contributed by atoms with van der Waals surface area (Å²) in [7, 11) is 3.47. The number of nitrogens with one attached hydrogen (secondary N) is 3. The highest BCUT2D eigenvalue weighted by Gasteiger charge is 2.09. The van der Waals surface area contributed by atoms with Gasteiger partial charge in [-0.25, -0.2) is 4.39 Å². The van der Waals surface area contributed by atoms with Crippen LogP contribution in [0.1, 0.15) is 22.5 Å². The zero-order chi connectivity index (χ0) is 22.2. The number of aryl methyl sites for hydroxylation is 1. The average molecular weight is 423 g/mol. The lowest BCUT2D eigenvalue weighted by molar-refractivity contribution is -0.117. The Bertz CT molecular complexity index is 1020. The van der Waals surface area contributed by atoms with E-state index in [2.05, 4.69) is 20.8 Å². The number of benzene rings is 2. The molecule has 0 saturated heterocycles. The van der Waals surface area contributed by atoms with Crippen LogP contribution in [0.25, 0.3) is 11.3 Å². The highest BCUT2D eigenvalue weighted by atomic mass is 19.1. The van der Waals surface area contributed by atoms with E-state index in [-0.39, 0.29) is 24.2 Å². The average Bonchev–Trinajstić information content (AvgIpc) is 3.23. The Balaban J connectivity index is 1.41. The van der Waals surface area contributed by atoms with Crippen LogP contribution in [0.5, 0.6) is 0 Å². The Morgan fingerprint density at radius 3 is 2.48 bits per heavy atom. The summed E-state index contributed by atoms with van der Waals surface area (Å²) in [6.45, 7) is 1.01. The van der Waals surface area contributed by atoms with Crippen molar-refractivity contribution in [3.63, 3.8) is 0 Å². The second-order valence-electron chi connectivity index (χ2n) is 7.33. The Hall–Kier alpha value is -3.52. The smallest absolute Gasteiger partial charge is 0.251 e. The van der Waals surface area contributed by atoms with E-state index in [1.54, 1.807) is 43.4 Å². The summed E-state index contributed by atoms with van der Waals surface area (Å²) in [4.78, 5) is 25.7. The van der Waals surface area contributed by atoms with Crippen molar-refractivity contribution in [1.82, 2.24) is 20.4 Å². The van der Waals surface area contributed by atoms with Gasteiger partial charge in [0.15, 0.2) is 0 Å². The molecule has 8 heteroatoms. The summed E-state index contributed by atoms with van der Waals surface area (Å²) in [6.07, 6.45) is 1.65. The van der Waals surface area contributed by atoms with Crippen molar-refractivity contribution < 1.29 is 14.0 Å². The minimum Gasteiger partial charge on any atom is -0.355 e. The van der Waals surface area contributed by atoms with E-state index in [1.165, 1.54) is 12.1 Å². The van der Waals surface area contributed by atoms with Gasteiger partial charge < -0.3 is 10.6 Å². The maximum absolute atomic E-state index is 13.0. The zero-order valence-electron chi connectivity index (χ0n) is 17.6. The second-order valence-corrected chi connectivity index (χ2v) is 7.33. The number of hydrogen-bond acceptors (Lipinski definition) is 4. The first-order chi connectivity index (χ1) is 14.9. The number of likely N-dealkylation sites (N-methyl/N-ethyl adjacent to an activating group) is 1. The van der Waals surface area contributed by atoms with Crippen LogP contribution in [0.4, 0.5) is 10.1 Å². The van der Waals surface area contributed by atoms with Gasteiger partial charge in [-0.15, -0.1) is 0 Å². The Labute approximate surface area is 180 Å². The Morgan fingerprint density at radius 2 is 1.81 bits per heavy atom. The van der Waals surface area contributed by atoms with Crippen LogP contribution in [0.15, 0.2) is 54.6 Å². The fourth-order valence-corrected chi connectivity index (χ4v) is 3.17. The van der Waals surface area contributed by atoms with E-state index >= 15 is 0 Å². The van der Waals surface area contributed by atoms with Gasteiger partial charge in [0.25, 0.3) is 5.91 Å². The quantitative estimate of drug-likeness (QED) is 0.493. The highest BCUT2D eigenvalue weighted by molar-refractivity contribution is 5.96. The summed E-state index contributed by atoms with van der Waals surface area (Å²) >= 11 is 0. The third-order valence-corrected chi connectivity index (χ3v) is 4.83. The maximum Gasteiger partial charge on any atom is 0.251 e. The van der Waals surface area contributed by atoms with Crippen LogP contribution in [-0.2, 0) is 11.2 Å². The molecule has 0 spiro atoms. The minimum atomic E-state index is -0.271. The van der Waals surface area contributed by atoms with Crippen molar-refractivity contribution in [3.8, 4) is 11.3 Å². The standard InChI is InChI=1S/C23H26FN5O2/c1-25-23(31)17-7-11-19(12-8-17)26-22(30)15-29(2)13-3-4-20-14-21(28-27-20)16-5-9-18(24)10-6-16/h5-12,14H,3-4,13,15H2,1-2H3,(H,25,31)(H,26,30)(H,27,28). The summed E-state index contributed by atoms with van der Waals surface area (Å²) in [5, 5.41) is 12.7. The molecule has 0 atom stereocenters. The first kappa shape index (κ1) is 22.2. The number of hydrogen-bond donors (Lipinski definition) is 3. The van der Waals surface area contributed by atoms with E-state index in [4.69, 9.17) is 0 Å². The largest absolute Gasteiger partial charge is 0.355 e. The third-order valence-electron chi connectivity index (χ3n) is 4.83. The van der Waals surface area contributed by atoms with Crippen molar-refractivity contribution in [3.05, 3.63) is 71.7 Å². The van der Waals surface area contributed by atoms with Gasteiger partial charge in [0.05, 0.1) is 12.2 Å². The van der Waals surface area contributed by atoms with E-state index in [9.17, 15) is 14.0 Å². The number of carbonyl (C=O) groups excluding carboxylic acids is 2. The molecule has 0 saturated carbocycles.